The molecule has 0 saturated carbocycles. The lowest BCUT2D eigenvalue weighted by atomic mass is 10.1. The minimum Gasteiger partial charge on any atom is -0.493 e. The first-order valence-corrected chi connectivity index (χ1v) is 5.93. The van der Waals surface area contributed by atoms with Crippen LogP contribution in [0.1, 0.15) is 16.8 Å². The van der Waals surface area contributed by atoms with E-state index in [-0.39, 0.29) is 29.2 Å². The average molecular weight is 292 g/mol. The Kier molecular flexibility index (Phi) is 5.57. The predicted molar refractivity (Wildman–Crippen MR) is 76.6 cm³/mol. The maximum Gasteiger partial charge on any atom is 0.337 e. The number of ether oxygens (including phenoxy) is 2. The topological polar surface area (TPSA) is 111 Å². The smallest absolute Gasteiger partial charge is 0.337 e. The van der Waals surface area contributed by atoms with Crippen molar-refractivity contribution in [3.63, 3.8) is 0 Å². The number of hydrogen-bond donors (Lipinski definition) is 3. The monoisotopic (exact) mass is 292 g/mol. The molecular formula is C14H16N2O5. The van der Waals surface area contributed by atoms with Crippen LogP contribution in [0.4, 0.5) is 5.69 Å². The highest BCUT2D eigenvalue weighted by molar-refractivity contribution is 6.03. The zero-order chi connectivity index (χ0) is 16.0. The summed E-state index contributed by atoms with van der Waals surface area (Å²) >= 11 is 0. The number of hydrogen-bond acceptors (Lipinski definition) is 5. The van der Waals surface area contributed by atoms with Gasteiger partial charge in [0.1, 0.15) is 0 Å². The summed E-state index contributed by atoms with van der Waals surface area (Å²) in [6, 6.07) is 1.68. The molecule has 4 N–H and O–H groups in total. The molecule has 1 amide bonds. The van der Waals surface area contributed by atoms with E-state index in [1.54, 1.807) is 0 Å². The van der Waals surface area contributed by atoms with Crippen LogP contribution in [0.3, 0.4) is 0 Å². The molecule has 1 aromatic rings. The molecule has 0 aliphatic carbocycles. The molecule has 112 valence electrons. The summed E-state index contributed by atoms with van der Waals surface area (Å²) in [7, 11) is 2.78. The number of nitrogens with one attached hydrogen (secondary N) is 1. The summed E-state index contributed by atoms with van der Waals surface area (Å²) in [5.74, 6) is 0.977. The SMILES string of the molecule is C#CCC(N)C(=O)Nc1cc(OC)c(OC)cc1C(=O)O. The van der Waals surface area contributed by atoms with Gasteiger partial charge in [0.25, 0.3) is 0 Å². The van der Waals surface area contributed by atoms with Crippen LogP contribution in [0.25, 0.3) is 0 Å². The maximum absolute atomic E-state index is 11.8. The van der Waals surface area contributed by atoms with Gasteiger partial charge in [-0.3, -0.25) is 4.79 Å². The Morgan fingerprint density at radius 2 is 1.95 bits per heavy atom. The van der Waals surface area contributed by atoms with Gasteiger partial charge in [-0.1, -0.05) is 0 Å². The highest BCUT2D eigenvalue weighted by Gasteiger charge is 2.20. The first-order valence-electron chi connectivity index (χ1n) is 5.93. The zero-order valence-corrected chi connectivity index (χ0v) is 11.7. The van der Waals surface area contributed by atoms with E-state index in [2.05, 4.69) is 11.2 Å². The summed E-state index contributed by atoms with van der Waals surface area (Å²) in [6.07, 6.45) is 5.12. The van der Waals surface area contributed by atoms with Gasteiger partial charge >= 0.3 is 5.97 Å². The molecule has 0 radical (unpaired) electrons. The molecule has 1 rings (SSSR count). The van der Waals surface area contributed by atoms with E-state index in [1.807, 2.05) is 0 Å². The van der Waals surface area contributed by atoms with Gasteiger partial charge in [-0.05, 0) is 0 Å². The van der Waals surface area contributed by atoms with Crippen LogP contribution >= 0.6 is 0 Å². The van der Waals surface area contributed by atoms with E-state index < -0.39 is 17.9 Å². The van der Waals surface area contributed by atoms with Crippen LogP contribution in [0.2, 0.25) is 0 Å². The molecular weight excluding hydrogens is 276 g/mol. The Balaban J connectivity index is 3.18. The van der Waals surface area contributed by atoms with Gasteiger partial charge in [0.2, 0.25) is 5.91 Å². The molecule has 0 aromatic heterocycles. The summed E-state index contributed by atoms with van der Waals surface area (Å²) in [4.78, 5) is 23.1. The van der Waals surface area contributed by atoms with E-state index in [0.717, 1.165) is 0 Å². The molecule has 7 heteroatoms. The Hall–Kier alpha value is -2.72. The van der Waals surface area contributed by atoms with Crippen molar-refractivity contribution in [2.45, 2.75) is 12.5 Å². The number of amides is 1. The summed E-state index contributed by atoms with van der Waals surface area (Å²) in [6.45, 7) is 0. The van der Waals surface area contributed by atoms with Gasteiger partial charge in [-0.15, -0.1) is 12.3 Å². The molecule has 0 fully saturated rings. The molecule has 21 heavy (non-hydrogen) atoms. The van der Waals surface area contributed by atoms with Crippen molar-refractivity contribution in [3.05, 3.63) is 17.7 Å². The Morgan fingerprint density at radius 3 is 2.43 bits per heavy atom. The van der Waals surface area contributed by atoms with Crippen LogP contribution < -0.4 is 20.5 Å². The second-order valence-corrected chi connectivity index (χ2v) is 4.06. The van der Waals surface area contributed by atoms with E-state index in [9.17, 15) is 14.7 Å². The molecule has 0 saturated heterocycles. The first kappa shape index (κ1) is 16.3. The van der Waals surface area contributed by atoms with E-state index in [1.165, 1.54) is 26.4 Å². The fraction of sp³-hybridized carbons (Fsp3) is 0.286. The van der Waals surface area contributed by atoms with Crippen molar-refractivity contribution < 1.29 is 24.2 Å². The number of carbonyl (C=O) groups excluding carboxylic acids is 1. The third-order valence-electron chi connectivity index (χ3n) is 2.69. The zero-order valence-electron chi connectivity index (χ0n) is 11.7. The van der Waals surface area contributed by atoms with Crippen LogP contribution in [0.15, 0.2) is 12.1 Å². The van der Waals surface area contributed by atoms with Gasteiger partial charge < -0.3 is 25.6 Å². The highest BCUT2D eigenvalue weighted by atomic mass is 16.5. The maximum atomic E-state index is 11.8. The normalized spacial score (nSPS) is 11.1. The van der Waals surface area contributed by atoms with Crippen molar-refractivity contribution in [3.8, 4) is 23.8 Å². The quantitative estimate of drug-likeness (QED) is 0.665. The van der Waals surface area contributed by atoms with Gasteiger partial charge in [0, 0.05) is 18.6 Å². The van der Waals surface area contributed by atoms with Crippen LogP contribution in [0.5, 0.6) is 11.5 Å². The molecule has 1 unspecified atom stereocenters. The number of methoxy groups -OCH3 is 2. The van der Waals surface area contributed by atoms with Crippen LogP contribution in [-0.4, -0.2) is 37.2 Å². The van der Waals surface area contributed by atoms with Crippen molar-refractivity contribution >= 4 is 17.6 Å². The number of carboxylic acid groups (broad SMARTS) is 1. The molecule has 0 aliphatic rings. The van der Waals surface area contributed by atoms with Crippen LogP contribution in [-0.2, 0) is 4.79 Å². The number of carbonyl (C=O) groups is 2. The number of terminal acetylenes is 1. The van der Waals surface area contributed by atoms with E-state index >= 15 is 0 Å². The number of benzene rings is 1. The van der Waals surface area contributed by atoms with E-state index in [0.29, 0.717) is 0 Å². The standard InChI is InChI=1S/C14H16N2O5/c1-4-5-9(15)13(17)16-10-7-12(21-3)11(20-2)6-8(10)14(18)19/h1,6-7,9H,5,15H2,2-3H3,(H,16,17)(H,18,19). The third kappa shape index (κ3) is 3.87. The lowest BCUT2D eigenvalue weighted by Crippen LogP contribution is -2.35. The first-order chi connectivity index (χ1) is 9.94. The molecule has 1 atom stereocenters. The number of carboxylic acids is 1. The molecule has 0 bridgehead atoms. The molecule has 0 spiro atoms. The third-order valence-corrected chi connectivity index (χ3v) is 2.69. The Morgan fingerprint density at radius 1 is 1.38 bits per heavy atom. The van der Waals surface area contributed by atoms with Crippen molar-refractivity contribution in [2.24, 2.45) is 5.73 Å². The average Bonchev–Trinajstić information content (AvgIpc) is 2.46. The minimum atomic E-state index is -1.23. The molecule has 0 heterocycles. The van der Waals surface area contributed by atoms with E-state index in [4.69, 9.17) is 21.6 Å². The van der Waals surface area contributed by atoms with Crippen molar-refractivity contribution in [1.82, 2.24) is 0 Å². The van der Waals surface area contributed by atoms with Gasteiger partial charge in [0.15, 0.2) is 11.5 Å². The Labute approximate surface area is 122 Å². The highest BCUT2D eigenvalue weighted by Crippen LogP contribution is 2.33. The van der Waals surface area contributed by atoms with Gasteiger partial charge in [0.05, 0.1) is 31.5 Å². The van der Waals surface area contributed by atoms with Crippen LogP contribution in [0, 0.1) is 12.3 Å². The minimum absolute atomic E-state index is 0.0432. The summed E-state index contributed by atoms with van der Waals surface area (Å²) < 4.78 is 10.1. The van der Waals surface area contributed by atoms with Gasteiger partial charge in [-0.2, -0.15) is 0 Å². The largest absolute Gasteiger partial charge is 0.493 e. The second-order valence-electron chi connectivity index (χ2n) is 4.06. The van der Waals surface area contributed by atoms with Gasteiger partial charge in [-0.25, -0.2) is 4.79 Å². The lowest BCUT2D eigenvalue weighted by Gasteiger charge is -2.15. The molecule has 1 aromatic carbocycles. The number of anilines is 1. The summed E-state index contributed by atoms with van der Waals surface area (Å²) in [5.41, 5.74) is 5.48. The lowest BCUT2D eigenvalue weighted by molar-refractivity contribution is -0.117. The molecule has 7 nitrogen and oxygen atoms in total. The second kappa shape index (κ2) is 7.17. The molecule has 0 aliphatic heterocycles. The van der Waals surface area contributed by atoms with Crippen molar-refractivity contribution in [1.29, 1.82) is 0 Å². The number of rotatable bonds is 6. The Bertz CT molecular complexity index is 592. The predicted octanol–water partition coefficient (Wildman–Crippen LogP) is 0.691. The van der Waals surface area contributed by atoms with Crippen molar-refractivity contribution in [2.75, 3.05) is 19.5 Å². The number of nitrogens with two attached hydrogens (primary N) is 1. The fourth-order valence-electron chi connectivity index (χ4n) is 1.60. The fourth-order valence-corrected chi connectivity index (χ4v) is 1.60. The summed E-state index contributed by atoms with van der Waals surface area (Å²) in [5, 5.41) is 11.6. The number of aromatic carboxylic acids is 1.